The average molecular weight is 423 g/mol. The van der Waals surface area contributed by atoms with Gasteiger partial charge >= 0.3 is 5.63 Å². The van der Waals surface area contributed by atoms with Crippen LogP contribution in [0.3, 0.4) is 0 Å². The van der Waals surface area contributed by atoms with Gasteiger partial charge in [-0.2, -0.15) is 0 Å². The van der Waals surface area contributed by atoms with Crippen LogP contribution >= 0.6 is 0 Å². The molecule has 0 atom stereocenters. The number of ketones is 1. The van der Waals surface area contributed by atoms with Crippen molar-refractivity contribution in [3.8, 4) is 11.1 Å². The first-order valence-corrected chi connectivity index (χ1v) is 10.3. The summed E-state index contributed by atoms with van der Waals surface area (Å²) in [6.07, 6.45) is 0. The molecule has 2 heterocycles. The molecule has 0 aliphatic rings. The van der Waals surface area contributed by atoms with Crippen LogP contribution in [0.25, 0.3) is 33.1 Å². The zero-order chi connectivity index (χ0) is 22.4. The molecule has 0 spiro atoms. The third-order valence-corrected chi connectivity index (χ3v) is 5.68. The summed E-state index contributed by atoms with van der Waals surface area (Å²) in [5.41, 5.74) is 4.26. The zero-order valence-corrected chi connectivity index (χ0v) is 18.0. The molecule has 0 unspecified atom stereocenters. The van der Waals surface area contributed by atoms with Crippen LogP contribution in [0.4, 0.5) is 5.69 Å². The third kappa shape index (κ3) is 3.19. The molecule has 5 heteroatoms. The van der Waals surface area contributed by atoms with E-state index in [1.54, 1.807) is 12.1 Å². The summed E-state index contributed by atoms with van der Waals surface area (Å²) in [5.74, 6) is -0.00559. The SMILES string of the molecule is Cc1cc(=O)oc2c1ccc1oc(C(=O)c3ccc(N(C)C)cc3)c(-c3ccccc3)c12. The van der Waals surface area contributed by atoms with Crippen molar-refractivity contribution in [1.82, 2.24) is 0 Å². The molecule has 3 aromatic carbocycles. The Labute approximate surface area is 184 Å². The fourth-order valence-corrected chi connectivity index (χ4v) is 4.04. The topological polar surface area (TPSA) is 63.7 Å². The highest BCUT2D eigenvalue weighted by atomic mass is 16.4. The van der Waals surface area contributed by atoms with Crippen molar-refractivity contribution in [3.63, 3.8) is 0 Å². The third-order valence-electron chi connectivity index (χ3n) is 5.68. The molecule has 5 aromatic rings. The van der Waals surface area contributed by atoms with E-state index in [9.17, 15) is 9.59 Å². The second-order valence-corrected chi connectivity index (χ2v) is 8.01. The van der Waals surface area contributed by atoms with Gasteiger partial charge in [0.1, 0.15) is 11.2 Å². The molecule has 0 N–H and O–H groups in total. The van der Waals surface area contributed by atoms with Crippen molar-refractivity contribution in [2.45, 2.75) is 6.92 Å². The van der Waals surface area contributed by atoms with Gasteiger partial charge in [0, 0.05) is 42.4 Å². The van der Waals surface area contributed by atoms with Crippen molar-refractivity contribution in [1.29, 1.82) is 0 Å². The van der Waals surface area contributed by atoms with E-state index >= 15 is 0 Å². The van der Waals surface area contributed by atoms with Crippen molar-refractivity contribution in [2.24, 2.45) is 0 Å². The van der Waals surface area contributed by atoms with E-state index in [0.29, 0.717) is 27.7 Å². The van der Waals surface area contributed by atoms with E-state index < -0.39 is 5.63 Å². The van der Waals surface area contributed by atoms with E-state index in [2.05, 4.69) is 0 Å². The van der Waals surface area contributed by atoms with Gasteiger partial charge < -0.3 is 13.7 Å². The Kier molecular flexibility index (Phi) is 4.67. The molecule has 32 heavy (non-hydrogen) atoms. The Bertz CT molecular complexity index is 1520. The van der Waals surface area contributed by atoms with Gasteiger partial charge in [0.15, 0.2) is 5.76 Å². The van der Waals surface area contributed by atoms with Gasteiger partial charge in [-0.05, 0) is 54.4 Å². The molecule has 0 amide bonds. The zero-order valence-electron chi connectivity index (χ0n) is 18.0. The lowest BCUT2D eigenvalue weighted by molar-refractivity contribution is 0.101. The molecule has 158 valence electrons. The smallest absolute Gasteiger partial charge is 0.336 e. The van der Waals surface area contributed by atoms with Crippen LogP contribution in [0.2, 0.25) is 0 Å². The molecule has 2 aromatic heterocycles. The maximum absolute atomic E-state index is 13.6. The number of fused-ring (bicyclic) bond motifs is 3. The number of nitrogens with zero attached hydrogens (tertiary/aromatic N) is 1. The van der Waals surface area contributed by atoms with E-state index in [1.807, 2.05) is 80.5 Å². The minimum absolute atomic E-state index is 0.223. The number of rotatable bonds is 4. The summed E-state index contributed by atoms with van der Waals surface area (Å²) in [4.78, 5) is 27.7. The molecule has 0 radical (unpaired) electrons. The summed E-state index contributed by atoms with van der Waals surface area (Å²) in [5, 5.41) is 1.44. The largest absolute Gasteiger partial charge is 0.452 e. The van der Waals surface area contributed by atoms with Gasteiger partial charge in [-0.15, -0.1) is 0 Å². The predicted molar refractivity (Wildman–Crippen MR) is 127 cm³/mol. The second-order valence-electron chi connectivity index (χ2n) is 8.01. The van der Waals surface area contributed by atoms with E-state index in [-0.39, 0.29) is 11.5 Å². The molecular formula is C27H21NO4. The van der Waals surface area contributed by atoms with Crippen molar-refractivity contribution < 1.29 is 13.6 Å². The second kappa shape index (κ2) is 7.54. The van der Waals surface area contributed by atoms with Crippen LogP contribution < -0.4 is 10.5 Å². The summed E-state index contributed by atoms with van der Waals surface area (Å²) < 4.78 is 11.7. The van der Waals surface area contributed by atoms with Gasteiger partial charge in [-0.1, -0.05) is 30.3 Å². The molecular weight excluding hydrogens is 402 g/mol. The number of carbonyl (C=O) groups is 1. The fraction of sp³-hybridized carbons (Fsp3) is 0.111. The Morgan fingerprint density at radius 3 is 2.28 bits per heavy atom. The number of carbonyl (C=O) groups excluding carboxylic acids is 1. The fourth-order valence-electron chi connectivity index (χ4n) is 4.04. The van der Waals surface area contributed by atoms with Crippen LogP contribution in [0.5, 0.6) is 0 Å². The Hall–Kier alpha value is -4.12. The standard InChI is InChI=1S/C27H21NO4/c1-16-15-22(29)32-26-20(16)13-14-21-24(26)23(17-7-5-4-6-8-17)27(31-21)25(30)18-9-11-19(12-10-18)28(2)3/h4-15H,1-3H3. The minimum atomic E-state index is -0.435. The Morgan fingerprint density at radius 2 is 1.59 bits per heavy atom. The highest BCUT2D eigenvalue weighted by molar-refractivity contribution is 6.20. The lowest BCUT2D eigenvalue weighted by Gasteiger charge is -2.12. The summed E-state index contributed by atoms with van der Waals surface area (Å²) >= 11 is 0. The molecule has 0 saturated heterocycles. The Morgan fingerprint density at radius 1 is 0.875 bits per heavy atom. The summed E-state index contributed by atoms with van der Waals surface area (Å²) in [7, 11) is 3.90. The molecule has 0 fully saturated rings. The number of hydrogen-bond acceptors (Lipinski definition) is 5. The van der Waals surface area contributed by atoms with Gasteiger partial charge in [-0.3, -0.25) is 4.79 Å². The molecule has 0 bridgehead atoms. The first-order chi connectivity index (χ1) is 15.4. The van der Waals surface area contributed by atoms with Gasteiger partial charge in [0.25, 0.3) is 0 Å². The lowest BCUT2D eigenvalue weighted by Crippen LogP contribution is -2.09. The number of aryl methyl sites for hydroxylation is 1. The van der Waals surface area contributed by atoms with Crippen LogP contribution in [0, 0.1) is 6.92 Å². The first kappa shape index (κ1) is 19.8. The van der Waals surface area contributed by atoms with Gasteiger partial charge in [0.05, 0.1) is 5.39 Å². The number of benzene rings is 3. The van der Waals surface area contributed by atoms with Gasteiger partial charge in [0.2, 0.25) is 5.78 Å². The number of hydrogen-bond donors (Lipinski definition) is 0. The van der Waals surface area contributed by atoms with E-state index in [4.69, 9.17) is 8.83 Å². The van der Waals surface area contributed by atoms with Gasteiger partial charge in [-0.25, -0.2) is 4.79 Å². The molecule has 0 saturated carbocycles. The average Bonchev–Trinajstić information content (AvgIpc) is 3.19. The van der Waals surface area contributed by atoms with E-state index in [1.165, 1.54) is 6.07 Å². The van der Waals surface area contributed by atoms with Crippen LogP contribution in [-0.4, -0.2) is 19.9 Å². The normalized spacial score (nSPS) is 11.2. The molecule has 0 aliphatic heterocycles. The number of anilines is 1. The highest BCUT2D eigenvalue weighted by Crippen LogP contribution is 2.40. The molecule has 5 nitrogen and oxygen atoms in total. The van der Waals surface area contributed by atoms with Crippen LogP contribution in [0.1, 0.15) is 21.7 Å². The minimum Gasteiger partial charge on any atom is -0.452 e. The van der Waals surface area contributed by atoms with Crippen molar-refractivity contribution in [3.05, 3.63) is 100 Å². The maximum atomic E-state index is 13.6. The Balaban J connectivity index is 1.82. The van der Waals surface area contributed by atoms with Crippen molar-refractivity contribution in [2.75, 3.05) is 19.0 Å². The lowest BCUT2D eigenvalue weighted by atomic mass is 9.96. The molecule has 0 aliphatic carbocycles. The summed E-state index contributed by atoms with van der Waals surface area (Å²) in [6.45, 7) is 1.87. The quantitative estimate of drug-likeness (QED) is 0.270. The molecule has 5 rings (SSSR count). The maximum Gasteiger partial charge on any atom is 0.336 e. The predicted octanol–water partition coefficient (Wildman–Crippen LogP) is 5.81. The van der Waals surface area contributed by atoms with Crippen LogP contribution in [0.15, 0.2) is 86.4 Å². The summed E-state index contributed by atoms with van der Waals surface area (Å²) in [6, 6.07) is 22.1. The van der Waals surface area contributed by atoms with E-state index in [0.717, 1.165) is 22.2 Å². The highest BCUT2D eigenvalue weighted by Gasteiger charge is 2.25. The number of furan rings is 1. The monoisotopic (exact) mass is 423 g/mol. The van der Waals surface area contributed by atoms with Crippen LogP contribution in [-0.2, 0) is 0 Å². The first-order valence-electron chi connectivity index (χ1n) is 10.3. The van der Waals surface area contributed by atoms with Crippen molar-refractivity contribution >= 4 is 33.4 Å².